The maximum Gasteiger partial charge on any atom is 0.306 e. The number of carbonyl (C=O) groups excluding carboxylic acids is 3. The van der Waals surface area contributed by atoms with Crippen LogP contribution in [0.5, 0.6) is 0 Å². The maximum atomic E-state index is 12.8. The van der Waals surface area contributed by atoms with Gasteiger partial charge in [-0.1, -0.05) is 258 Å². The zero-order valence-electron chi connectivity index (χ0n) is 48.1. The molecule has 74 heavy (non-hydrogen) atoms. The lowest BCUT2D eigenvalue weighted by atomic mass is 10.1. The Morgan fingerprint density at radius 1 is 0.284 bits per heavy atom. The number of carbonyl (C=O) groups is 3. The fourth-order valence-electron chi connectivity index (χ4n) is 8.13. The van der Waals surface area contributed by atoms with E-state index in [4.69, 9.17) is 14.2 Å². The van der Waals surface area contributed by atoms with Gasteiger partial charge in [-0.3, -0.25) is 14.4 Å². The van der Waals surface area contributed by atoms with Gasteiger partial charge < -0.3 is 14.2 Å². The van der Waals surface area contributed by atoms with Gasteiger partial charge in [-0.15, -0.1) is 0 Å². The minimum atomic E-state index is -0.785. The van der Waals surface area contributed by atoms with E-state index in [1.165, 1.54) is 89.9 Å². The van der Waals surface area contributed by atoms with Crippen LogP contribution < -0.4 is 0 Å². The summed E-state index contributed by atoms with van der Waals surface area (Å²) < 4.78 is 16.7. The summed E-state index contributed by atoms with van der Waals surface area (Å²) in [5, 5.41) is 0. The van der Waals surface area contributed by atoms with E-state index in [0.29, 0.717) is 19.3 Å². The molecule has 0 aromatic rings. The SMILES string of the molecule is CC/C=C\C/C=C\C/C=C\C/C=C\C/C=C\C/C=C\C/C=C\C/C=C\CCCCCCCCCCCCC(=O)OCC(COC(=O)CCCCCCC)OC(=O)CCCCCCC/C=C\C/C=C\CCCCCC. The molecule has 0 saturated heterocycles. The van der Waals surface area contributed by atoms with E-state index in [2.05, 4.69) is 142 Å². The highest BCUT2D eigenvalue weighted by molar-refractivity contribution is 5.71. The van der Waals surface area contributed by atoms with Gasteiger partial charge in [-0.05, 0) is 116 Å². The molecule has 0 bridgehead atoms. The molecular weight excluding hydrogens is 913 g/mol. The Bertz CT molecular complexity index is 1550. The molecule has 0 radical (unpaired) electrons. The number of esters is 3. The van der Waals surface area contributed by atoms with Crippen LogP contribution in [0.4, 0.5) is 0 Å². The van der Waals surface area contributed by atoms with Crippen LogP contribution in [0, 0.1) is 0 Å². The third-order valence-electron chi connectivity index (χ3n) is 12.7. The Morgan fingerprint density at radius 2 is 0.527 bits per heavy atom. The van der Waals surface area contributed by atoms with E-state index in [1.54, 1.807) is 0 Å². The second-order valence-electron chi connectivity index (χ2n) is 19.9. The minimum absolute atomic E-state index is 0.0861. The molecule has 0 saturated carbocycles. The molecule has 6 nitrogen and oxygen atoms in total. The van der Waals surface area contributed by atoms with Crippen LogP contribution in [0.1, 0.15) is 271 Å². The van der Waals surface area contributed by atoms with Gasteiger partial charge in [-0.2, -0.15) is 0 Å². The van der Waals surface area contributed by atoms with Gasteiger partial charge >= 0.3 is 17.9 Å². The fraction of sp³-hybridized carbons (Fsp3) is 0.662. The lowest BCUT2D eigenvalue weighted by Gasteiger charge is -2.18. The quantitative estimate of drug-likeness (QED) is 0.0261. The molecule has 0 aliphatic carbocycles. The Balaban J connectivity index is 4.05. The molecule has 0 aliphatic heterocycles. The first-order valence-corrected chi connectivity index (χ1v) is 30.5. The van der Waals surface area contributed by atoms with Crippen molar-refractivity contribution >= 4 is 17.9 Å². The zero-order chi connectivity index (χ0) is 53.6. The average molecular weight is 1030 g/mol. The van der Waals surface area contributed by atoms with E-state index < -0.39 is 6.10 Å². The van der Waals surface area contributed by atoms with Crippen LogP contribution in [0.2, 0.25) is 0 Å². The Labute approximate surface area is 456 Å². The second-order valence-corrected chi connectivity index (χ2v) is 19.9. The fourth-order valence-corrected chi connectivity index (χ4v) is 8.13. The highest BCUT2D eigenvalue weighted by atomic mass is 16.6. The number of rotatable bonds is 54. The van der Waals surface area contributed by atoms with Gasteiger partial charge in [0, 0.05) is 19.3 Å². The van der Waals surface area contributed by atoms with Crippen LogP contribution in [0.15, 0.2) is 122 Å². The maximum absolute atomic E-state index is 12.8. The third-order valence-corrected chi connectivity index (χ3v) is 12.7. The van der Waals surface area contributed by atoms with E-state index in [-0.39, 0.29) is 31.1 Å². The molecule has 6 heteroatoms. The molecule has 0 amide bonds. The van der Waals surface area contributed by atoms with Crippen molar-refractivity contribution in [3.63, 3.8) is 0 Å². The largest absolute Gasteiger partial charge is 0.462 e. The molecular formula is C68H112O6. The Morgan fingerprint density at radius 3 is 0.838 bits per heavy atom. The monoisotopic (exact) mass is 1020 g/mol. The molecule has 0 aliphatic rings. The van der Waals surface area contributed by atoms with Crippen molar-refractivity contribution in [3.8, 4) is 0 Å². The molecule has 0 aromatic carbocycles. The summed E-state index contributed by atoms with van der Waals surface area (Å²) in [4.78, 5) is 37.8. The summed E-state index contributed by atoms with van der Waals surface area (Å²) in [5.74, 6) is -0.918. The predicted molar refractivity (Wildman–Crippen MR) is 320 cm³/mol. The van der Waals surface area contributed by atoms with E-state index in [9.17, 15) is 14.4 Å². The van der Waals surface area contributed by atoms with Crippen LogP contribution in [0.25, 0.3) is 0 Å². The topological polar surface area (TPSA) is 78.9 Å². The van der Waals surface area contributed by atoms with Crippen LogP contribution in [-0.2, 0) is 28.6 Å². The van der Waals surface area contributed by atoms with Crippen molar-refractivity contribution in [1.29, 1.82) is 0 Å². The summed E-state index contributed by atoms with van der Waals surface area (Å²) in [7, 11) is 0. The van der Waals surface area contributed by atoms with Gasteiger partial charge in [0.1, 0.15) is 13.2 Å². The highest BCUT2D eigenvalue weighted by Gasteiger charge is 2.19. The van der Waals surface area contributed by atoms with Crippen LogP contribution in [-0.4, -0.2) is 37.2 Å². The van der Waals surface area contributed by atoms with E-state index in [0.717, 1.165) is 141 Å². The summed E-state index contributed by atoms with van der Waals surface area (Å²) in [5.41, 5.74) is 0. The van der Waals surface area contributed by atoms with Crippen molar-refractivity contribution < 1.29 is 28.6 Å². The number of allylic oxidation sites excluding steroid dienone is 20. The van der Waals surface area contributed by atoms with E-state index >= 15 is 0 Å². The van der Waals surface area contributed by atoms with Gasteiger partial charge in [0.05, 0.1) is 0 Å². The first-order valence-electron chi connectivity index (χ1n) is 30.5. The van der Waals surface area contributed by atoms with Gasteiger partial charge in [-0.25, -0.2) is 0 Å². The zero-order valence-corrected chi connectivity index (χ0v) is 48.1. The number of hydrogen-bond donors (Lipinski definition) is 0. The standard InChI is InChI=1S/C68H112O6/c1-4-7-10-13-15-17-19-21-23-25-26-27-28-29-30-31-32-33-34-35-36-37-38-39-40-41-42-43-45-46-48-50-52-55-58-61-67(70)73-64-65(63-72-66(69)60-57-54-12-9-6-3)74-68(71)62-59-56-53-51-49-47-44-24-22-20-18-16-14-11-8-5-2/h7,10,15,17-18,20-21,23-24,26-27,29-30,32-33,35-36,38-39,44,65H,4-6,8-9,11-14,16,19,22,25,28,31,34,37,40-43,45-64H2,1-3H3/b10-7-,17-15-,20-18-,23-21-,27-26-,30-29-,33-32-,36-35-,39-38-,44-24-. The summed E-state index contributed by atoms with van der Waals surface area (Å²) in [6.07, 6.45) is 85.3. The lowest BCUT2D eigenvalue weighted by Crippen LogP contribution is -2.30. The van der Waals surface area contributed by atoms with Crippen molar-refractivity contribution in [2.45, 2.75) is 277 Å². The van der Waals surface area contributed by atoms with Gasteiger partial charge in [0.2, 0.25) is 0 Å². The van der Waals surface area contributed by atoms with Crippen LogP contribution >= 0.6 is 0 Å². The summed E-state index contributed by atoms with van der Waals surface area (Å²) in [6.45, 7) is 6.41. The summed E-state index contributed by atoms with van der Waals surface area (Å²) in [6, 6.07) is 0. The Kier molecular flexibility index (Phi) is 57.9. The first-order chi connectivity index (χ1) is 36.5. The van der Waals surface area contributed by atoms with Gasteiger partial charge in [0.15, 0.2) is 6.10 Å². The number of unbranched alkanes of at least 4 members (excludes halogenated alkanes) is 23. The van der Waals surface area contributed by atoms with Crippen molar-refractivity contribution in [2.75, 3.05) is 13.2 Å². The molecule has 1 unspecified atom stereocenters. The normalized spacial score (nSPS) is 13.0. The smallest absolute Gasteiger partial charge is 0.306 e. The average Bonchev–Trinajstić information content (AvgIpc) is 3.40. The second kappa shape index (κ2) is 61.4. The predicted octanol–water partition coefficient (Wildman–Crippen LogP) is 20.8. The molecule has 0 spiro atoms. The third kappa shape index (κ3) is 58.7. The number of ether oxygens (including phenoxy) is 3. The minimum Gasteiger partial charge on any atom is -0.462 e. The molecule has 1 atom stereocenters. The van der Waals surface area contributed by atoms with Crippen LogP contribution in [0.3, 0.4) is 0 Å². The Hall–Kier alpha value is -4.19. The molecule has 0 fully saturated rings. The first kappa shape index (κ1) is 69.8. The van der Waals surface area contributed by atoms with Gasteiger partial charge in [0.25, 0.3) is 0 Å². The molecule has 0 rings (SSSR count). The van der Waals surface area contributed by atoms with Crippen molar-refractivity contribution in [1.82, 2.24) is 0 Å². The highest BCUT2D eigenvalue weighted by Crippen LogP contribution is 2.15. The number of hydrogen-bond acceptors (Lipinski definition) is 6. The van der Waals surface area contributed by atoms with Crippen molar-refractivity contribution in [2.24, 2.45) is 0 Å². The van der Waals surface area contributed by atoms with E-state index in [1.807, 2.05) is 0 Å². The van der Waals surface area contributed by atoms with Crippen molar-refractivity contribution in [3.05, 3.63) is 122 Å². The lowest BCUT2D eigenvalue weighted by molar-refractivity contribution is -0.167. The molecule has 0 N–H and O–H groups in total. The summed E-state index contributed by atoms with van der Waals surface area (Å²) >= 11 is 0. The molecule has 0 heterocycles. The molecule has 420 valence electrons. The molecule has 0 aromatic heterocycles.